The van der Waals surface area contributed by atoms with Gasteiger partial charge in [0.1, 0.15) is 46.7 Å². The number of aromatic nitrogens is 4. The Morgan fingerprint density at radius 2 is 1.64 bits per heavy atom. The predicted octanol–water partition coefficient (Wildman–Crippen LogP) is 5.78. The summed E-state index contributed by atoms with van der Waals surface area (Å²) in [5.74, 6) is 1.61. The maximum Gasteiger partial charge on any atom is 0.199 e. The van der Waals surface area contributed by atoms with Crippen molar-refractivity contribution in [3.63, 3.8) is 0 Å². The van der Waals surface area contributed by atoms with Gasteiger partial charge in [-0.25, -0.2) is 15.0 Å². The lowest BCUT2D eigenvalue weighted by Crippen LogP contribution is -2.32. The van der Waals surface area contributed by atoms with Crippen molar-refractivity contribution in [3.05, 3.63) is 75.3 Å². The summed E-state index contributed by atoms with van der Waals surface area (Å²) in [6.07, 6.45) is 1.58. The largest absolute Gasteiger partial charge is 0.491 e. The fourth-order valence-corrected chi connectivity index (χ4v) is 4.85. The Labute approximate surface area is 208 Å². The number of hydrogen-bond donors (Lipinski definition) is 0. The van der Waals surface area contributed by atoms with E-state index in [-0.39, 0.29) is 18.4 Å². The van der Waals surface area contributed by atoms with Crippen molar-refractivity contribution in [3.8, 4) is 11.5 Å². The van der Waals surface area contributed by atoms with Crippen molar-refractivity contribution >= 4 is 43.0 Å². The van der Waals surface area contributed by atoms with Crippen molar-refractivity contribution in [2.75, 3.05) is 6.61 Å². The van der Waals surface area contributed by atoms with Crippen LogP contribution in [-0.4, -0.2) is 38.3 Å². The standard InChI is InChI=1S/C24H22Br2N4O3/c1-14-3-7-16(8-4-14)31-12-19-18(32-17-9-5-15(2)6-10-17)11-20(33-19)30-13-27-21-22(25)28-24(26)29-23(21)30/h3-10,13,18-20H,11-12H2,1-2H3/t18-,19-,20-/m1/s1. The van der Waals surface area contributed by atoms with Gasteiger partial charge in [0.2, 0.25) is 0 Å². The molecule has 1 aliphatic heterocycles. The molecule has 1 fully saturated rings. The van der Waals surface area contributed by atoms with E-state index in [0.717, 1.165) is 11.5 Å². The summed E-state index contributed by atoms with van der Waals surface area (Å²) in [6, 6.07) is 16.0. The summed E-state index contributed by atoms with van der Waals surface area (Å²) >= 11 is 6.82. The summed E-state index contributed by atoms with van der Waals surface area (Å²) in [7, 11) is 0. The van der Waals surface area contributed by atoms with Crippen LogP contribution in [0.3, 0.4) is 0 Å². The molecule has 5 rings (SSSR count). The van der Waals surface area contributed by atoms with E-state index in [1.165, 1.54) is 11.1 Å². The molecule has 0 saturated carbocycles. The highest BCUT2D eigenvalue weighted by Gasteiger charge is 2.39. The van der Waals surface area contributed by atoms with Crippen LogP contribution in [0.25, 0.3) is 11.2 Å². The molecule has 1 saturated heterocycles. The first kappa shape index (κ1) is 22.3. The van der Waals surface area contributed by atoms with Crippen molar-refractivity contribution in [2.45, 2.75) is 38.7 Å². The second kappa shape index (κ2) is 9.40. The van der Waals surface area contributed by atoms with E-state index in [1.54, 1.807) is 6.33 Å². The van der Waals surface area contributed by atoms with E-state index >= 15 is 0 Å². The smallest absolute Gasteiger partial charge is 0.199 e. The van der Waals surface area contributed by atoms with Crippen LogP contribution < -0.4 is 9.47 Å². The molecule has 7 nitrogen and oxygen atoms in total. The fraction of sp³-hybridized carbons (Fsp3) is 0.292. The van der Waals surface area contributed by atoms with Gasteiger partial charge in [0.05, 0.1) is 6.33 Å². The highest BCUT2D eigenvalue weighted by molar-refractivity contribution is 9.11. The molecule has 0 radical (unpaired) electrons. The number of halogens is 2. The van der Waals surface area contributed by atoms with Gasteiger partial charge in [0, 0.05) is 6.42 Å². The van der Waals surface area contributed by atoms with Crippen LogP contribution in [0.2, 0.25) is 0 Å². The molecule has 0 bridgehead atoms. The number of nitrogens with zero attached hydrogens (tertiary/aromatic N) is 4. The molecule has 4 aromatic rings. The van der Waals surface area contributed by atoms with Crippen LogP contribution >= 0.6 is 31.9 Å². The summed E-state index contributed by atoms with van der Waals surface area (Å²) in [5, 5.41) is 0. The van der Waals surface area contributed by atoms with E-state index in [4.69, 9.17) is 14.2 Å². The average Bonchev–Trinajstić information content (AvgIpc) is 3.39. The van der Waals surface area contributed by atoms with Crippen LogP contribution in [0, 0.1) is 13.8 Å². The first-order valence-corrected chi connectivity index (χ1v) is 12.2. The summed E-state index contributed by atoms with van der Waals surface area (Å²) < 4.78 is 21.9. The van der Waals surface area contributed by atoms with E-state index in [9.17, 15) is 0 Å². The predicted molar refractivity (Wildman–Crippen MR) is 132 cm³/mol. The van der Waals surface area contributed by atoms with E-state index < -0.39 is 0 Å². The van der Waals surface area contributed by atoms with Crippen molar-refractivity contribution < 1.29 is 14.2 Å². The summed E-state index contributed by atoms with van der Waals surface area (Å²) in [6.45, 7) is 4.47. The van der Waals surface area contributed by atoms with Gasteiger partial charge in [-0.3, -0.25) is 4.57 Å². The minimum absolute atomic E-state index is 0.200. The lowest BCUT2D eigenvalue weighted by atomic mass is 10.1. The molecule has 1 aliphatic rings. The third-order valence-corrected chi connectivity index (χ3v) is 6.49. The van der Waals surface area contributed by atoms with Gasteiger partial charge >= 0.3 is 0 Å². The maximum atomic E-state index is 6.43. The molecule has 2 aromatic carbocycles. The first-order chi connectivity index (χ1) is 16.0. The Balaban J connectivity index is 1.40. The second-order valence-corrected chi connectivity index (χ2v) is 9.53. The Morgan fingerprint density at radius 3 is 2.33 bits per heavy atom. The number of aryl methyl sites for hydroxylation is 2. The molecule has 3 heterocycles. The molecule has 170 valence electrons. The number of hydrogen-bond acceptors (Lipinski definition) is 6. The van der Waals surface area contributed by atoms with Crippen molar-refractivity contribution in [1.82, 2.24) is 19.5 Å². The molecule has 0 amide bonds. The highest BCUT2D eigenvalue weighted by atomic mass is 79.9. The topological polar surface area (TPSA) is 71.3 Å². The zero-order valence-electron chi connectivity index (χ0n) is 18.1. The zero-order valence-corrected chi connectivity index (χ0v) is 21.3. The number of imidazole rings is 1. The van der Waals surface area contributed by atoms with Crippen LogP contribution in [0.1, 0.15) is 23.8 Å². The average molecular weight is 574 g/mol. The summed E-state index contributed by atoms with van der Waals surface area (Å²) in [4.78, 5) is 13.2. The number of rotatable bonds is 6. The summed E-state index contributed by atoms with van der Waals surface area (Å²) in [5.41, 5.74) is 3.73. The van der Waals surface area contributed by atoms with Gasteiger partial charge < -0.3 is 14.2 Å². The van der Waals surface area contributed by atoms with Crippen LogP contribution in [0.15, 0.2) is 64.2 Å². The van der Waals surface area contributed by atoms with Gasteiger partial charge in [-0.1, -0.05) is 35.4 Å². The van der Waals surface area contributed by atoms with E-state index in [2.05, 4.69) is 60.7 Å². The molecule has 9 heteroatoms. The molecular formula is C24H22Br2N4O3. The fourth-order valence-electron chi connectivity index (χ4n) is 3.82. The van der Waals surface area contributed by atoms with E-state index in [0.29, 0.717) is 33.5 Å². The monoisotopic (exact) mass is 572 g/mol. The molecule has 2 aromatic heterocycles. The van der Waals surface area contributed by atoms with Crippen LogP contribution in [0.5, 0.6) is 11.5 Å². The Kier molecular flexibility index (Phi) is 6.36. The SMILES string of the molecule is Cc1ccc(OC[C@H]2O[C@@H](n3cnc4c(Br)nc(Br)nc43)C[C@H]2Oc2ccc(C)cc2)cc1. The van der Waals surface area contributed by atoms with Gasteiger partial charge in [-0.05, 0) is 70.0 Å². The third-order valence-electron chi connectivity index (χ3n) is 5.59. The van der Waals surface area contributed by atoms with Crippen LogP contribution in [0.4, 0.5) is 0 Å². The number of fused-ring (bicyclic) bond motifs is 1. The Hall–Kier alpha value is -2.49. The van der Waals surface area contributed by atoms with E-state index in [1.807, 2.05) is 53.1 Å². The molecule has 3 atom stereocenters. The van der Waals surface area contributed by atoms with Crippen molar-refractivity contribution in [2.24, 2.45) is 0 Å². The molecule has 33 heavy (non-hydrogen) atoms. The molecule has 0 N–H and O–H groups in total. The Bertz CT molecular complexity index is 1260. The van der Waals surface area contributed by atoms with Gasteiger partial charge in [-0.15, -0.1) is 0 Å². The molecule has 0 spiro atoms. The molecular weight excluding hydrogens is 552 g/mol. The normalized spacial score (nSPS) is 20.3. The van der Waals surface area contributed by atoms with Gasteiger partial charge in [0.25, 0.3) is 0 Å². The number of ether oxygens (including phenoxy) is 3. The van der Waals surface area contributed by atoms with Gasteiger partial charge in [0.15, 0.2) is 10.4 Å². The third kappa shape index (κ3) is 4.90. The second-order valence-electron chi connectivity index (χ2n) is 8.07. The zero-order chi connectivity index (χ0) is 22.9. The minimum atomic E-state index is -0.300. The molecule has 0 unspecified atom stereocenters. The minimum Gasteiger partial charge on any atom is -0.491 e. The molecule has 0 aliphatic carbocycles. The van der Waals surface area contributed by atoms with Crippen molar-refractivity contribution in [1.29, 1.82) is 0 Å². The highest BCUT2D eigenvalue weighted by Crippen LogP contribution is 2.35. The van der Waals surface area contributed by atoms with Gasteiger partial charge in [-0.2, -0.15) is 0 Å². The quantitative estimate of drug-likeness (QED) is 0.215. The maximum absolute atomic E-state index is 6.43. The number of benzene rings is 2. The lowest BCUT2D eigenvalue weighted by Gasteiger charge is -2.20. The first-order valence-electron chi connectivity index (χ1n) is 10.6. The Morgan fingerprint density at radius 1 is 0.970 bits per heavy atom. The lowest BCUT2D eigenvalue weighted by molar-refractivity contribution is -0.0341. The van der Waals surface area contributed by atoms with Crippen LogP contribution in [-0.2, 0) is 4.74 Å².